The van der Waals surface area contributed by atoms with Crippen molar-refractivity contribution >= 4 is 21.8 Å². The number of amides is 2. The quantitative estimate of drug-likeness (QED) is 0.656. The van der Waals surface area contributed by atoms with Crippen LogP contribution in [0.15, 0.2) is 65.6 Å². The summed E-state index contributed by atoms with van der Waals surface area (Å²) in [5.41, 5.74) is 1.37. The van der Waals surface area contributed by atoms with Crippen LogP contribution >= 0.6 is 0 Å². The minimum Gasteiger partial charge on any atom is -0.353 e. The number of carbonyl (C=O) groups excluding carboxylic acids is 2. The van der Waals surface area contributed by atoms with Crippen LogP contribution in [-0.2, 0) is 19.6 Å². The second-order valence-corrected chi connectivity index (χ2v) is 11.1. The van der Waals surface area contributed by atoms with Crippen molar-refractivity contribution in [3.63, 3.8) is 0 Å². The van der Waals surface area contributed by atoms with Crippen molar-refractivity contribution in [1.29, 1.82) is 0 Å². The maximum atomic E-state index is 12.7. The van der Waals surface area contributed by atoms with E-state index in [1.165, 1.54) is 9.87 Å². The molecule has 1 aliphatic carbocycles. The van der Waals surface area contributed by atoms with Crippen LogP contribution in [0.1, 0.15) is 50.0 Å². The van der Waals surface area contributed by atoms with Crippen LogP contribution in [0.5, 0.6) is 0 Å². The van der Waals surface area contributed by atoms with Gasteiger partial charge in [0.15, 0.2) is 0 Å². The molecule has 1 N–H and O–H groups in total. The average molecular weight is 484 g/mol. The minimum absolute atomic E-state index is 0.0817. The van der Waals surface area contributed by atoms with Crippen LogP contribution in [0.4, 0.5) is 0 Å². The molecule has 2 fully saturated rings. The van der Waals surface area contributed by atoms with Gasteiger partial charge in [0, 0.05) is 45.1 Å². The van der Waals surface area contributed by atoms with Gasteiger partial charge in [0.25, 0.3) is 0 Å². The van der Waals surface area contributed by atoms with E-state index in [4.69, 9.17) is 0 Å². The highest BCUT2D eigenvalue weighted by atomic mass is 32.2. The minimum atomic E-state index is -3.54. The number of sulfonamides is 1. The molecule has 4 rings (SSSR count). The monoisotopic (exact) mass is 483 g/mol. The maximum absolute atomic E-state index is 12.7. The summed E-state index contributed by atoms with van der Waals surface area (Å²) in [5, 5.41) is 3.10. The van der Waals surface area contributed by atoms with Gasteiger partial charge >= 0.3 is 0 Å². The molecule has 0 spiro atoms. The van der Waals surface area contributed by atoms with E-state index >= 15 is 0 Å². The highest BCUT2D eigenvalue weighted by molar-refractivity contribution is 7.89. The Morgan fingerprint density at radius 2 is 1.38 bits per heavy atom. The third-order valence-electron chi connectivity index (χ3n) is 6.90. The van der Waals surface area contributed by atoms with Crippen LogP contribution in [0.2, 0.25) is 0 Å². The summed E-state index contributed by atoms with van der Waals surface area (Å²) in [5.74, 6) is 0.377. The van der Waals surface area contributed by atoms with Crippen molar-refractivity contribution in [2.45, 2.75) is 55.4 Å². The highest BCUT2D eigenvalue weighted by Crippen LogP contribution is 2.32. The number of rotatable bonds is 7. The van der Waals surface area contributed by atoms with Crippen molar-refractivity contribution in [2.24, 2.45) is 0 Å². The van der Waals surface area contributed by atoms with E-state index in [1.807, 2.05) is 6.07 Å². The Morgan fingerprint density at radius 3 is 2.00 bits per heavy atom. The zero-order chi connectivity index (χ0) is 24.0. The molecular formula is C26H33N3O4S. The van der Waals surface area contributed by atoms with Crippen molar-refractivity contribution in [2.75, 3.05) is 26.2 Å². The number of benzene rings is 2. The summed E-state index contributed by atoms with van der Waals surface area (Å²) in [7, 11) is -3.54. The lowest BCUT2D eigenvalue weighted by molar-refractivity contribution is -0.134. The SMILES string of the molecule is O=C(CCC(=O)N1CCN(S(=O)(=O)c2ccccc2)CC1)NC1CCC(c2ccccc2)CC1. The van der Waals surface area contributed by atoms with E-state index in [0.717, 1.165) is 25.7 Å². The van der Waals surface area contributed by atoms with Gasteiger partial charge in [-0.3, -0.25) is 9.59 Å². The molecule has 0 radical (unpaired) electrons. The Hall–Kier alpha value is -2.71. The molecule has 0 bridgehead atoms. The molecule has 2 aliphatic rings. The van der Waals surface area contributed by atoms with Gasteiger partial charge in [-0.1, -0.05) is 48.5 Å². The largest absolute Gasteiger partial charge is 0.353 e. The van der Waals surface area contributed by atoms with Gasteiger partial charge in [-0.05, 0) is 49.3 Å². The lowest BCUT2D eigenvalue weighted by atomic mass is 9.82. The van der Waals surface area contributed by atoms with Crippen LogP contribution in [-0.4, -0.2) is 61.7 Å². The second kappa shape index (κ2) is 11.1. The Morgan fingerprint density at radius 1 is 0.794 bits per heavy atom. The summed E-state index contributed by atoms with van der Waals surface area (Å²) >= 11 is 0. The van der Waals surface area contributed by atoms with Crippen molar-refractivity contribution < 1.29 is 18.0 Å². The Labute approximate surface area is 202 Å². The summed E-state index contributed by atoms with van der Waals surface area (Å²) < 4.78 is 26.9. The fourth-order valence-corrected chi connectivity index (χ4v) is 6.34. The number of piperazine rings is 1. The first-order valence-electron chi connectivity index (χ1n) is 12.1. The lowest BCUT2D eigenvalue weighted by Crippen LogP contribution is -2.50. The van der Waals surface area contributed by atoms with E-state index in [1.54, 1.807) is 35.2 Å². The number of nitrogens with zero attached hydrogens (tertiary/aromatic N) is 2. The second-order valence-electron chi connectivity index (χ2n) is 9.12. The van der Waals surface area contributed by atoms with Gasteiger partial charge in [-0.15, -0.1) is 0 Å². The van der Waals surface area contributed by atoms with Crippen LogP contribution in [0.25, 0.3) is 0 Å². The first-order chi connectivity index (χ1) is 16.4. The molecule has 34 heavy (non-hydrogen) atoms. The molecule has 0 atom stereocenters. The first-order valence-corrected chi connectivity index (χ1v) is 13.5. The molecule has 1 saturated heterocycles. The molecule has 2 aromatic rings. The van der Waals surface area contributed by atoms with E-state index in [0.29, 0.717) is 19.0 Å². The predicted molar refractivity (Wildman–Crippen MR) is 131 cm³/mol. The zero-order valence-corrected chi connectivity index (χ0v) is 20.3. The van der Waals surface area contributed by atoms with Gasteiger partial charge in [-0.25, -0.2) is 8.42 Å². The Balaban J connectivity index is 1.17. The molecular weight excluding hydrogens is 450 g/mol. The third-order valence-corrected chi connectivity index (χ3v) is 8.81. The van der Waals surface area contributed by atoms with Crippen molar-refractivity contribution in [3.8, 4) is 0 Å². The highest BCUT2D eigenvalue weighted by Gasteiger charge is 2.30. The van der Waals surface area contributed by atoms with E-state index in [-0.39, 0.29) is 48.7 Å². The van der Waals surface area contributed by atoms with Gasteiger partial charge in [0.05, 0.1) is 4.90 Å². The summed E-state index contributed by atoms with van der Waals surface area (Å²) in [6.45, 7) is 1.21. The molecule has 1 saturated carbocycles. The normalized spacial score (nSPS) is 21.7. The number of nitrogens with one attached hydrogen (secondary N) is 1. The number of hydrogen-bond acceptors (Lipinski definition) is 4. The van der Waals surface area contributed by atoms with E-state index in [2.05, 4.69) is 29.6 Å². The zero-order valence-electron chi connectivity index (χ0n) is 19.4. The molecule has 1 heterocycles. The summed E-state index contributed by atoms with van der Waals surface area (Å²) in [4.78, 5) is 26.9. The van der Waals surface area contributed by atoms with Crippen LogP contribution in [0, 0.1) is 0 Å². The molecule has 182 valence electrons. The van der Waals surface area contributed by atoms with Crippen molar-refractivity contribution in [3.05, 3.63) is 66.2 Å². The predicted octanol–water partition coefficient (Wildman–Crippen LogP) is 3.14. The fourth-order valence-electron chi connectivity index (χ4n) is 4.89. The number of carbonyl (C=O) groups is 2. The molecule has 0 unspecified atom stereocenters. The third kappa shape index (κ3) is 6.04. The number of hydrogen-bond donors (Lipinski definition) is 1. The summed E-state index contributed by atoms with van der Waals surface area (Å²) in [6, 6.07) is 19.0. The molecule has 7 nitrogen and oxygen atoms in total. The van der Waals surface area contributed by atoms with Gasteiger partial charge in [-0.2, -0.15) is 4.31 Å². The van der Waals surface area contributed by atoms with Crippen LogP contribution in [0.3, 0.4) is 0 Å². The molecule has 1 aliphatic heterocycles. The molecule has 0 aromatic heterocycles. The van der Waals surface area contributed by atoms with Crippen LogP contribution < -0.4 is 5.32 Å². The van der Waals surface area contributed by atoms with Gasteiger partial charge in [0.2, 0.25) is 21.8 Å². The summed E-state index contributed by atoms with van der Waals surface area (Å²) in [6.07, 6.45) is 4.35. The topological polar surface area (TPSA) is 86.8 Å². The molecule has 2 aromatic carbocycles. The fraction of sp³-hybridized carbons (Fsp3) is 0.462. The van der Waals surface area contributed by atoms with E-state index < -0.39 is 10.0 Å². The van der Waals surface area contributed by atoms with Gasteiger partial charge in [0.1, 0.15) is 0 Å². The average Bonchev–Trinajstić information content (AvgIpc) is 2.89. The Kier molecular flexibility index (Phi) is 8.00. The van der Waals surface area contributed by atoms with Crippen molar-refractivity contribution in [1.82, 2.24) is 14.5 Å². The Bertz CT molecular complexity index is 1060. The molecule has 8 heteroatoms. The molecule has 2 amide bonds. The standard InChI is InChI=1S/C26H33N3O4S/c30-25(27-23-13-11-22(12-14-23)21-7-3-1-4-8-21)15-16-26(31)28-17-19-29(20-18-28)34(32,33)24-9-5-2-6-10-24/h1-10,22-23H,11-20H2,(H,27,30). The van der Waals surface area contributed by atoms with E-state index in [9.17, 15) is 18.0 Å². The smallest absolute Gasteiger partial charge is 0.243 e. The lowest BCUT2D eigenvalue weighted by Gasteiger charge is -2.34. The maximum Gasteiger partial charge on any atom is 0.243 e. The first kappa shape index (κ1) is 24.4. The van der Waals surface area contributed by atoms with Gasteiger partial charge < -0.3 is 10.2 Å².